The van der Waals surface area contributed by atoms with E-state index < -0.39 is 10.0 Å². The molecule has 4 rings (SSSR count). The summed E-state index contributed by atoms with van der Waals surface area (Å²) < 4.78 is 32.7. The predicted octanol–water partition coefficient (Wildman–Crippen LogP) is 3.71. The third-order valence-corrected chi connectivity index (χ3v) is 7.24. The van der Waals surface area contributed by atoms with Gasteiger partial charge in [0.2, 0.25) is 16.0 Å². The molecule has 2 aromatic carbocycles. The van der Waals surface area contributed by atoms with Crippen LogP contribution in [0.4, 0.5) is 5.95 Å². The van der Waals surface area contributed by atoms with Gasteiger partial charge in [-0.25, -0.2) is 18.4 Å². The van der Waals surface area contributed by atoms with Gasteiger partial charge in [-0.05, 0) is 61.5 Å². The molecule has 7 nitrogen and oxygen atoms in total. The number of rotatable bonds is 6. The number of aromatic nitrogens is 2. The highest BCUT2D eigenvalue weighted by Gasteiger charge is 2.29. The second kappa shape index (κ2) is 9.21. The summed E-state index contributed by atoms with van der Waals surface area (Å²) in [5, 5.41) is 0.508. The normalized spacial score (nSPS) is 15.1. The van der Waals surface area contributed by atoms with E-state index in [0.717, 1.165) is 17.0 Å². The number of benzene rings is 2. The van der Waals surface area contributed by atoms with E-state index in [0.29, 0.717) is 43.8 Å². The van der Waals surface area contributed by atoms with Crippen molar-refractivity contribution in [3.63, 3.8) is 0 Å². The number of halogens is 1. The van der Waals surface area contributed by atoms with E-state index in [1.54, 1.807) is 18.3 Å². The Kier molecular flexibility index (Phi) is 6.41. The second-order valence-electron chi connectivity index (χ2n) is 7.04. The van der Waals surface area contributed by atoms with Crippen LogP contribution in [0.5, 0.6) is 5.75 Å². The van der Waals surface area contributed by atoms with Crippen LogP contribution >= 0.6 is 11.6 Å². The van der Waals surface area contributed by atoms with Crippen LogP contribution in [0.1, 0.15) is 6.92 Å². The molecule has 162 valence electrons. The summed E-state index contributed by atoms with van der Waals surface area (Å²) >= 11 is 5.88. The van der Waals surface area contributed by atoms with E-state index in [-0.39, 0.29) is 4.90 Å². The molecule has 0 atom stereocenters. The molecule has 9 heteroatoms. The van der Waals surface area contributed by atoms with Crippen LogP contribution in [0.2, 0.25) is 5.02 Å². The van der Waals surface area contributed by atoms with Gasteiger partial charge in [-0.1, -0.05) is 11.6 Å². The molecule has 3 aromatic rings. The standard InChI is InChI=1S/C22H23ClN4O3S/c1-2-30-19-7-3-17(4-8-19)21-11-12-24-22(25-21)26-13-15-27(16-14-26)31(28,29)20-9-5-18(23)6-10-20/h3-12H,2,13-16H2,1H3. The van der Waals surface area contributed by atoms with E-state index in [1.807, 2.05) is 42.2 Å². The van der Waals surface area contributed by atoms with Crippen molar-refractivity contribution < 1.29 is 13.2 Å². The number of hydrogen-bond donors (Lipinski definition) is 0. The highest BCUT2D eigenvalue weighted by atomic mass is 35.5. The van der Waals surface area contributed by atoms with Gasteiger partial charge in [0.15, 0.2) is 0 Å². The highest BCUT2D eigenvalue weighted by Crippen LogP contribution is 2.24. The van der Waals surface area contributed by atoms with E-state index in [2.05, 4.69) is 9.97 Å². The minimum absolute atomic E-state index is 0.249. The largest absolute Gasteiger partial charge is 0.494 e. The number of ether oxygens (including phenoxy) is 1. The molecule has 0 amide bonds. The fourth-order valence-electron chi connectivity index (χ4n) is 3.43. The van der Waals surface area contributed by atoms with Crippen molar-refractivity contribution in [1.29, 1.82) is 0 Å². The third-order valence-electron chi connectivity index (χ3n) is 5.08. The number of anilines is 1. The maximum Gasteiger partial charge on any atom is 0.243 e. The first-order valence-electron chi connectivity index (χ1n) is 10.0. The average molecular weight is 459 g/mol. The van der Waals surface area contributed by atoms with Crippen molar-refractivity contribution in [2.24, 2.45) is 0 Å². The molecule has 0 N–H and O–H groups in total. The molecule has 2 heterocycles. The lowest BCUT2D eigenvalue weighted by Gasteiger charge is -2.34. The Balaban J connectivity index is 1.45. The van der Waals surface area contributed by atoms with Crippen LogP contribution in [-0.4, -0.2) is 55.5 Å². The lowest BCUT2D eigenvalue weighted by atomic mass is 10.1. The van der Waals surface area contributed by atoms with Gasteiger partial charge in [0.05, 0.1) is 17.2 Å². The highest BCUT2D eigenvalue weighted by molar-refractivity contribution is 7.89. The average Bonchev–Trinajstić information content (AvgIpc) is 2.80. The molecule has 1 aromatic heterocycles. The van der Waals surface area contributed by atoms with E-state index >= 15 is 0 Å². The molecular weight excluding hydrogens is 436 g/mol. The second-order valence-corrected chi connectivity index (χ2v) is 9.42. The van der Waals surface area contributed by atoms with Gasteiger partial charge in [-0.2, -0.15) is 4.31 Å². The summed E-state index contributed by atoms with van der Waals surface area (Å²) in [5.74, 6) is 1.41. The topological polar surface area (TPSA) is 75.6 Å². The van der Waals surface area contributed by atoms with Crippen LogP contribution in [0.25, 0.3) is 11.3 Å². The molecule has 1 aliphatic heterocycles. The van der Waals surface area contributed by atoms with Gasteiger partial charge in [-0.15, -0.1) is 0 Å². The molecule has 0 unspecified atom stereocenters. The zero-order valence-electron chi connectivity index (χ0n) is 17.1. The van der Waals surface area contributed by atoms with Crippen molar-refractivity contribution >= 4 is 27.6 Å². The maximum atomic E-state index is 12.9. The van der Waals surface area contributed by atoms with E-state index in [9.17, 15) is 8.42 Å². The van der Waals surface area contributed by atoms with Crippen molar-refractivity contribution in [2.75, 3.05) is 37.7 Å². The Morgan fingerprint density at radius 1 is 0.968 bits per heavy atom. The molecule has 31 heavy (non-hydrogen) atoms. The fraction of sp³-hybridized carbons (Fsp3) is 0.273. The van der Waals surface area contributed by atoms with Crippen LogP contribution in [0.15, 0.2) is 65.7 Å². The van der Waals surface area contributed by atoms with E-state index in [1.165, 1.54) is 16.4 Å². The zero-order valence-corrected chi connectivity index (χ0v) is 18.7. The molecule has 1 aliphatic rings. The molecule has 0 radical (unpaired) electrons. The molecule has 1 saturated heterocycles. The van der Waals surface area contributed by atoms with Crippen molar-refractivity contribution in [3.8, 4) is 17.0 Å². The molecule has 1 fully saturated rings. The Morgan fingerprint density at radius 3 is 2.29 bits per heavy atom. The Labute approximate surface area is 187 Å². The monoisotopic (exact) mass is 458 g/mol. The first-order chi connectivity index (χ1) is 15.0. The summed E-state index contributed by atoms with van der Waals surface area (Å²) in [6.45, 7) is 4.32. The summed E-state index contributed by atoms with van der Waals surface area (Å²) in [7, 11) is -3.55. The predicted molar refractivity (Wildman–Crippen MR) is 121 cm³/mol. The number of sulfonamides is 1. The van der Waals surface area contributed by atoms with Crippen LogP contribution < -0.4 is 9.64 Å². The third kappa shape index (κ3) is 4.81. The Morgan fingerprint density at radius 2 is 1.65 bits per heavy atom. The fourth-order valence-corrected chi connectivity index (χ4v) is 4.98. The molecular formula is C22H23ClN4O3S. The summed E-state index contributed by atoms with van der Waals surface area (Å²) in [6.07, 6.45) is 1.73. The Hall–Kier alpha value is -2.68. The number of piperazine rings is 1. The van der Waals surface area contributed by atoms with Crippen molar-refractivity contribution in [1.82, 2.24) is 14.3 Å². The van der Waals surface area contributed by atoms with Gasteiger partial charge < -0.3 is 9.64 Å². The lowest BCUT2D eigenvalue weighted by molar-refractivity contribution is 0.340. The molecule has 0 saturated carbocycles. The van der Waals surface area contributed by atoms with Crippen LogP contribution in [0, 0.1) is 0 Å². The van der Waals surface area contributed by atoms with Gasteiger partial charge >= 0.3 is 0 Å². The molecule has 0 spiro atoms. The van der Waals surface area contributed by atoms with Gasteiger partial charge in [0.25, 0.3) is 0 Å². The number of hydrogen-bond acceptors (Lipinski definition) is 6. The molecule has 0 aliphatic carbocycles. The minimum atomic E-state index is -3.55. The van der Waals surface area contributed by atoms with Crippen LogP contribution in [-0.2, 0) is 10.0 Å². The van der Waals surface area contributed by atoms with Gasteiger partial charge in [0.1, 0.15) is 5.75 Å². The number of nitrogens with zero attached hydrogens (tertiary/aromatic N) is 4. The van der Waals surface area contributed by atoms with Gasteiger partial charge in [0, 0.05) is 43.0 Å². The molecule has 0 bridgehead atoms. The van der Waals surface area contributed by atoms with Gasteiger partial charge in [-0.3, -0.25) is 0 Å². The van der Waals surface area contributed by atoms with Crippen molar-refractivity contribution in [2.45, 2.75) is 11.8 Å². The first kappa shape index (κ1) is 21.5. The minimum Gasteiger partial charge on any atom is -0.494 e. The summed E-state index contributed by atoms with van der Waals surface area (Å²) in [4.78, 5) is 11.3. The summed E-state index contributed by atoms with van der Waals surface area (Å²) in [6, 6.07) is 15.9. The van der Waals surface area contributed by atoms with Crippen molar-refractivity contribution in [3.05, 3.63) is 65.8 Å². The summed E-state index contributed by atoms with van der Waals surface area (Å²) in [5.41, 5.74) is 1.78. The maximum absolute atomic E-state index is 12.9. The first-order valence-corrected chi connectivity index (χ1v) is 11.9. The SMILES string of the molecule is CCOc1ccc(-c2ccnc(N3CCN(S(=O)(=O)c4ccc(Cl)cc4)CC3)n2)cc1. The lowest BCUT2D eigenvalue weighted by Crippen LogP contribution is -2.49. The Bertz CT molecular complexity index is 1130. The zero-order chi connectivity index (χ0) is 21.8. The smallest absolute Gasteiger partial charge is 0.243 e. The quantitative estimate of drug-likeness (QED) is 0.560. The van der Waals surface area contributed by atoms with Crippen LogP contribution in [0.3, 0.4) is 0 Å². The van der Waals surface area contributed by atoms with E-state index in [4.69, 9.17) is 16.3 Å².